The van der Waals surface area contributed by atoms with E-state index >= 15 is 0 Å². The fraction of sp³-hybridized carbons (Fsp3) is 0.308. The van der Waals surface area contributed by atoms with Gasteiger partial charge in [0.05, 0.1) is 4.90 Å². The molecule has 0 aliphatic carbocycles. The van der Waals surface area contributed by atoms with E-state index in [1.807, 2.05) is 0 Å². The molecular formula is C13H9F6NO3S. The number of aliphatic imine (C=N–C) groups is 1. The van der Waals surface area contributed by atoms with E-state index in [1.54, 1.807) is 0 Å². The van der Waals surface area contributed by atoms with Gasteiger partial charge < -0.3 is 4.74 Å². The van der Waals surface area contributed by atoms with Crippen molar-refractivity contribution in [3.8, 4) is 5.75 Å². The van der Waals surface area contributed by atoms with E-state index in [4.69, 9.17) is 0 Å². The molecule has 1 aromatic carbocycles. The highest BCUT2D eigenvalue weighted by Crippen LogP contribution is 2.29. The number of ether oxygens (including phenoxy) is 1. The monoisotopic (exact) mass is 373 g/mol. The number of alkyl halides is 6. The number of benzene rings is 1. The number of nitrogens with zero attached hydrogens (tertiary/aromatic N) is 1. The van der Waals surface area contributed by atoms with E-state index in [-0.39, 0.29) is 6.42 Å². The van der Waals surface area contributed by atoms with Crippen molar-refractivity contribution in [3.63, 3.8) is 0 Å². The third-order valence-electron chi connectivity index (χ3n) is 2.93. The minimum Gasteiger partial charge on any atom is -0.406 e. The molecule has 11 heteroatoms. The van der Waals surface area contributed by atoms with Crippen LogP contribution >= 0.6 is 0 Å². The van der Waals surface area contributed by atoms with Gasteiger partial charge in [0.25, 0.3) is 0 Å². The van der Waals surface area contributed by atoms with Crippen LogP contribution in [0, 0.1) is 0 Å². The number of halogens is 6. The van der Waals surface area contributed by atoms with Crippen molar-refractivity contribution in [2.75, 3.05) is 0 Å². The van der Waals surface area contributed by atoms with Crippen LogP contribution in [0.2, 0.25) is 0 Å². The van der Waals surface area contributed by atoms with Gasteiger partial charge in [0.2, 0.25) is 9.84 Å². The summed E-state index contributed by atoms with van der Waals surface area (Å²) in [5, 5.41) is -1.70. The SMILES string of the molecule is O=S(=O)(c1ccc(OC(F)(F)F)cc1)C1CC=CC(C(F)(F)F)=N1. The van der Waals surface area contributed by atoms with Crippen LogP contribution < -0.4 is 4.74 Å². The number of dihydropyridines is 1. The molecule has 0 fully saturated rings. The van der Waals surface area contributed by atoms with Crippen LogP contribution in [0.1, 0.15) is 6.42 Å². The second kappa shape index (κ2) is 6.11. The summed E-state index contributed by atoms with van der Waals surface area (Å²) in [6.45, 7) is 0. The van der Waals surface area contributed by atoms with Gasteiger partial charge in [0.15, 0.2) is 5.37 Å². The molecular weight excluding hydrogens is 364 g/mol. The molecule has 0 amide bonds. The topological polar surface area (TPSA) is 55.7 Å². The zero-order chi connectivity index (χ0) is 18.2. The Bertz CT molecular complexity index is 762. The predicted octanol–water partition coefficient (Wildman–Crippen LogP) is 3.65. The van der Waals surface area contributed by atoms with Crippen molar-refractivity contribution in [1.29, 1.82) is 0 Å². The van der Waals surface area contributed by atoms with Crippen LogP contribution in [0.15, 0.2) is 46.3 Å². The molecule has 132 valence electrons. The molecule has 0 saturated heterocycles. The van der Waals surface area contributed by atoms with E-state index in [0.717, 1.165) is 30.3 Å². The molecule has 24 heavy (non-hydrogen) atoms. The molecule has 4 nitrogen and oxygen atoms in total. The number of sulfone groups is 1. The molecule has 0 bridgehead atoms. The maximum Gasteiger partial charge on any atom is 0.573 e. The Balaban J connectivity index is 2.28. The Kier molecular flexibility index (Phi) is 4.66. The first-order valence-electron chi connectivity index (χ1n) is 6.31. The first-order valence-corrected chi connectivity index (χ1v) is 7.85. The van der Waals surface area contributed by atoms with Crippen molar-refractivity contribution < 1.29 is 39.5 Å². The summed E-state index contributed by atoms with van der Waals surface area (Å²) in [6, 6.07) is 3.15. The lowest BCUT2D eigenvalue weighted by Crippen LogP contribution is -2.29. The van der Waals surface area contributed by atoms with Gasteiger partial charge in [-0.15, -0.1) is 13.2 Å². The van der Waals surface area contributed by atoms with Gasteiger partial charge in [0, 0.05) is 6.42 Å². The average Bonchev–Trinajstić information content (AvgIpc) is 2.45. The van der Waals surface area contributed by atoms with E-state index in [0.29, 0.717) is 6.08 Å². The van der Waals surface area contributed by atoms with Gasteiger partial charge in [-0.1, -0.05) is 6.08 Å². The summed E-state index contributed by atoms with van der Waals surface area (Å²) in [5.41, 5.74) is -1.33. The highest BCUT2D eigenvalue weighted by molar-refractivity contribution is 7.92. The van der Waals surface area contributed by atoms with Crippen molar-refractivity contribution in [3.05, 3.63) is 36.4 Å². The van der Waals surface area contributed by atoms with Crippen LogP contribution in [0.4, 0.5) is 26.3 Å². The zero-order valence-corrected chi connectivity index (χ0v) is 12.4. The Morgan fingerprint density at radius 1 is 1.04 bits per heavy atom. The summed E-state index contributed by atoms with van der Waals surface area (Å²) < 4.78 is 102. The third kappa shape index (κ3) is 4.28. The highest BCUT2D eigenvalue weighted by atomic mass is 32.2. The molecule has 0 spiro atoms. The fourth-order valence-corrected chi connectivity index (χ4v) is 3.35. The maximum absolute atomic E-state index is 12.6. The first-order chi connectivity index (χ1) is 10.9. The van der Waals surface area contributed by atoms with Crippen molar-refractivity contribution in [1.82, 2.24) is 0 Å². The van der Waals surface area contributed by atoms with Crippen LogP contribution in [0.25, 0.3) is 0 Å². The lowest BCUT2D eigenvalue weighted by Gasteiger charge is -2.18. The lowest BCUT2D eigenvalue weighted by atomic mass is 10.2. The predicted molar refractivity (Wildman–Crippen MR) is 71.3 cm³/mol. The summed E-state index contributed by atoms with van der Waals surface area (Å²) in [7, 11) is -4.29. The maximum atomic E-state index is 12.6. The molecule has 0 aromatic heterocycles. The summed E-state index contributed by atoms with van der Waals surface area (Å²) in [5.74, 6) is -0.649. The van der Waals surface area contributed by atoms with Crippen LogP contribution in [0.3, 0.4) is 0 Å². The minimum absolute atomic E-state index is 0.275. The van der Waals surface area contributed by atoms with E-state index < -0.39 is 44.1 Å². The molecule has 1 aliphatic rings. The molecule has 1 aliphatic heterocycles. The van der Waals surface area contributed by atoms with Crippen LogP contribution in [-0.2, 0) is 9.84 Å². The molecule has 2 rings (SSSR count). The average molecular weight is 373 g/mol. The first kappa shape index (κ1) is 18.3. The summed E-state index contributed by atoms with van der Waals surface area (Å²) in [4.78, 5) is 2.73. The number of rotatable bonds is 3. The normalized spacial score (nSPS) is 19.1. The van der Waals surface area contributed by atoms with Gasteiger partial charge in [-0.25, -0.2) is 8.42 Å². The van der Waals surface area contributed by atoms with E-state index in [1.165, 1.54) is 0 Å². The van der Waals surface area contributed by atoms with Crippen molar-refractivity contribution in [2.45, 2.75) is 29.2 Å². The van der Waals surface area contributed by atoms with Gasteiger partial charge in [-0.2, -0.15) is 13.2 Å². The minimum atomic E-state index is -4.94. The quantitative estimate of drug-likeness (QED) is 0.760. The molecule has 1 atom stereocenters. The van der Waals surface area contributed by atoms with Gasteiger partial charge in [-0.05, 0) is 30.3 Å². The number of hydrogen-bond acceptors (Lipinski definition) is 4. The largest absolute Gasteiger partial charge is 0.573 e. The Morgan fingerprint density at radius 2 is 1.62 bits per heavy atom. The third-order valence-corrected chi connectivity index (χ3v) is 4.87. The molecule has 1 aromatic rings. The molecule has 0 radical (unpaired) electrons. The fourth-order valence-electron chi connectivity index (χ4n) is 1.90. The van der Waals surface area contributed by atoms with Crippen molar-refractivity contribution >= 4 is 15.5 Å². The highest BCUT2D eigenvalue weighted by Gasteiger charge is 2.38. The Morgan fingerprint density at radius 3 is 2.12 bits per heavy atom. The van der Waals surface area contributed by atoms with Crippen molar-refractivity contribution in [2.24, 2.45) is 4.99 Å². The summed E-state index contributed by atoms with van der Waals surface area (Å²) >= 11 is 0. The molecule has 0 N–H and O–H groups in total. The van der Waals surface area contributed by atoms with Gasteiger partial charge in [0.1, 0.15) is 11.5 Å². The molecule has 1 unspecified atom stereocenters. The molecule has 1 heterocycles. The van der Waals surface area contributed by atoms with Gasteiger partial charge in [-0.3, -0.25) is 4.99 Å². The van der Waals surface area contributed by atoms with Crippen LogP contribution in [0.5, 0.6) is 5.75 Å². The second-order valence-corrected chi connectivity index (χ2v) is 6.77. The second-order valence-electron chi connectivity index (χ2n) is 4.67. The lowest BCUT2D eigenvalue weighted by molar-refractivity contribution is -0.274. The Hall–Kier alpha value is -2.04. The number of hydrogen-bond donors (Lipinski definition) is 0. The van der Waals surface area contributed by atoms with E-state index in [2.05, 4.69) is 9.73 Å². The standard InChI is InChI=1S/C13H9F6NO3S/c14-12(15,16)10-2-1-3-11(20-10)24(21,22)9-6-4-8(5-7-9)23-13(17,18)19/h1-2,4-7,11H,3H2. The van der Waals surface area contributed by atoms with Crippen LogP contribution in [-0.4, -0.2) is 32.0 Å². The Labute approximate surface area is 132 Å². The smallest absolute Gasteiger partial charge is 0.406 e. The van der Waals surface area contributed by atoms with E-state index in [9.17, 15) is 34.8 Å². The molecule has 0 saturated carbocycles. The van der Waals surface area contributed by atoms with Gasteiger partial charge >= 0.3 is 12.5 Å². The number of allylic oxidation sites excluding steroid dienone is 1. The summed E-state index contributed by atoms with van der Waals surface area (Å²) in [6.07, 6.45) is -8.32. The zero-order valence-electron chi connectivity index (χ0n) is 11.6.